The van der Waals surface area contributed by atoms with Crippen LogP contribution in [0.15, 0.2) is 59.1 Å². The first kappa shape index (κ1) is 15.9. The number of nitrogens with zero attached hydrogens (tertiary/aromatic N) is 1. The van der Waals surface area contributed by atoms with Gasteiger partial charge < -0.3 is 4.42 Å². The molecule has 0 radical (unpaired) electrons. The monoisotopic (exact) mass is 329 g/mol. The van der Waals surface area contributed by atoms with E-state index in [0.717, 1.165) is 35.3 Å². The lowest BCUT2D eigenvalue weighted by molar-refractivity contribution is 0.643. The quantitative estimate of drug-likeness (QED) is 0.409. The van der Waals surface area contributed by atoms with Gasteiger partial charge in [0.15, 0.2) is 0 Å². The summed E-state index contributed by atoms with van der Waals surface area (Å²) in [6.07, 6.45) is 4.18. The summed E-state index contributed by atoms with van der Waals surface area (Å²) in [5.41, 5.74) is 6.50. The molecule has 2 aromatic heterocycles. The molecular weight excluding hydrogens is 306 g/mol. The number of fused-ring (bicyclic) bond motifs is 3. The van der Waals surface area contributed by atoms with Crippen LogP contribution in [0.25, 0.3) is 33.2 Å². The highest BCUT2D eigenvalue weighted by Gasteiger charge is 2.19. The smallest absolute Gasteiger partial charge is 0.145 e. The third-order valence-electron chi connectivity index (χ3n) is 5.17. The maximum Gasteiger partial charge on any atom is 0.145 e. The van der Waals surface area contributed by atoms with E-state index in [-0.39, 0.29) is 0 Å². The molecular formula is C23H23NO. The van der Waals surface area contributed by atoms with Gasteiger partial charge >= 0.3 is 0 Å². The average Bonchev–Trinajstić information content (AvgIpc) is 3.03. The molecule has 0 saturated heterocycles. The molecule has 0 unspecified atom stereocenters. The van der Waals surface area contributed by atoms with Crippen LogP contribution in [0.1, 0.15) is 43.7 Å². The van der Waals surface area contributed by atoms with Crippen molar-refractivity contribution >= 4 is 21.9 Å². The van der Waals surface area contributed by atoms with Gasteiger partial charge in [0.05, 0.1) is 5.69 Å². The van der Waals surface area contributed by atoms with Crippen molar-refractivity contribution in [1.29, 1.82) is 0 Å². The Morgan fingerprint density at radius 3 is 2.48 bits per heavy atom. The number of pyridine rings is 1. The van der Waals surface area contributed by atoms with E-state index in [4.69, 9.17) is 4.42 Å². The Balaban J connectivity index is 2.07. The lowest BCUT2D eigenvalue weighted by Crippen LogP contribution is -1.97. The van der Waals surface area contributed by atoms with Crippen molar-refractivity contribution in [2.24, 2.45) is 0 Å². The van der Waals surface area contributed by atoms with Crippen molar-refractivity contribution in [3.8, 4) is 11.3 Å². The van der Waals surface area contributed by atoms with Gasteiger partial charge in [-0.25, -0.2) is 0 Å². The Morgan fingerprint density at radius 1 is 0.960 bits per heavy atom. The third kappa shape index (κ3) is 2.62. The van der Waals surface area contributed by atoms with Gasteiger partial charge in [-0.15, -0.1) is 0 Å². The van der Waals surface area contributed by atoms with Crippen LogP contribution in [0.5, 0.6) is 0 Å². The van der Waals surface area contributed by atoms with Gasteiger partial charge in [-0.05, 0) is 55.0 Å². The molecule has 2 heteroatoms. The second-order valence-electron chi connectivity index (χ2n) is 6.74. The Bertz CT molecular complexity index is 1020. The minimum absolute atomic E-state index is 0.545. The largest absolute Gasteiger partial charge is 0.455 e. The second-order valence-corrected chi connectivity index (χ2v) is 6.74. The SMILES string of the molecule is CCC(CC)c1ccc(-c2ccc(C)cn2)c2oc3ccccc3c12. The molecule has 0 aliphatic heterocycles. The molecule has 0 spiro atoms. The molecule has 0 fully saturated rings. The highest BCUT2D eigenvalue weighted by molar-refractivity contribution is 6.11. The molecule has 4 rings (SSSR count). The van der Waals surface area contributed by atoms with E-state index in [1.165, 1.54) is 21.9 Å². The van der Waals surface area contributed by atoms with Crippen molar-refractivity contribution in [2.45, 2.75) is 39.5 Å². The van der Waals surface area contributed by atoms with Gasteiger partial charge in [-0.2, -0.15) is 0 Å². The van der Waals surface area contributed by atoms with Crippen molar-refractivity contribution in [3.63, 3.8) is 0 Å². The number of hydrogen-bond acceptors (Lipinski definition) is 2. The van der Waals surface area contributed by atoms with Gasteiger partial charge in [0, 0.05) is 22.5 Å². The summed E-state index contributed by atoms with van der Waals surface area (Å²) in [6, 6.07) is 17.0. The topological polar surface area (TPSA) is 26.0 Å². The molecule has 0 atom stereocenters. The summed E-state index contributed by atoms with van der Waals surface area (Å²) in [4.78, 5) is 4.62. The zero-order chi connectivity index (χ0) is 17.4. The van der Waals surface area contributed by atoms with Crippen LogP contribution < -0.4 is 0 Å². The minimum Gasteiger partial charge on any atom is -0.455 e. The van der Waals surface area contributed by atoms with Crippen LogP contribution in [-0.4, -0.2) is 4.98 Å². The Labute approximate surface area is 148 Å². The van der Waals surface area contributed by atoms with Crippen molar-refractivity contribution in [3.05, 3.63) is 65.9 Å². The fraction of sp³-hybridized carbons (Fsp3) is 0.261. The molecule has 0 aliphatic rings. The highest BCUT2D eigenvalue weighted by Crippen LogP contribution is 2.41. The van der Waals surface area contributed by atoms with Gasteiger partial charge in [-0.1, -0.05) is 44.2 Å². The Hall–Kier alpha value is -2.61. The number of aromatic nitrogens is 1. The number of hydrogen-bond donors (Lipinski definition) is 0. The molecule has 0 saturated carbocycles. The minimum atomic E-state index is 0.545. The van der Waals surface area contributed by atoms with E-state index in [2.05, 4.69) is 68.2 Å². The van der Waals surface area contributed by atoms with Crippen LogP contribution in [-0.2, 0) is 0 Å². The maximum absolute atomic E-state index is 6.31. The van der Waals surface area contributed by atoms with Gasteiger partial charge in [0.1, 0.15) is 11.2 Å². The first-order valence-electron chi connectivity index (χ1n) is 9.10. The first-order valence-corrected chi connectivity index (χ1v) is 9.10. The fourth-order valence-electron chi connectivity index (χ4n) is 3.75. The van der Waals surface area contributed by atoms with Gasteiger partial charge in [-0.3, -0.25) is 4.98 Å². The van der Waals surface area contributed by atoms with Gasteiger partial charge in [0.2, 0.25) is 0 Å². The normalized spacial score (nSPS) is 11.7. The number of rotatable bonds is 4. The van der Waals surface area contributed by atoms with Crippen molar-refractivity contribution in [1.82, 2.24) is 4.98 Å². The van der Waals surface area contributed by atoms with Gasteiger partial charge in [0.25, 0.3) is 0 Å². The molecule has 2 aromatic carbocycles. The average molecular weight is 329 g/mol. The van der Waals surface area contributed by atoms with Crippen LogP contribution in [0.4, 0.5) is 0 Å². The zero-order valence-corrected chi connectivity index (χ0v) is 15.0. The molecule has 126 valence electrons. The van der Waals surface area contributed by atoms with Crippen molar-refractivity contribution < 1.29 is 4.42 Å². The van der Waals surface area contributed by atoms with E-state index in [1.54, 1.807) is 0 Å². The Kier molecular flexibility index (Phi) is 4.04. The molecule has 4 aromatic rings. The summed E-state index contributed by atoms with van der Waals surface area (Å²) >= 11 is 0. The summed E-state index contributed by atoms with van der Waals surface area (Å²) in [5, 5.41) is 2.46. The molecule has 2 nitrogen and oxygen atoms in total. The zero-order valence-electron chi connectivity index (χ0n) is 15.0. The number of benzene rings is 2. The molecule has 25 heavy (non-hydrogen) atoms. The standard InChI is InChI=1S/C23H23NO/c1-4-16(5-2)17-11-12-18(20-13-10-15(3)14-24-20)23-22(17)19-8-6-7-9-21(19)25-23/h6-14,16H,4-5H2,1-3H3. The second kappa shape index (κ2) is 6.36. The fourth-order valence-corrected chi connectivity index (χ4v) is 3.75. The molecule has 0 N–H and O–H groups in total. The van der Waals surface area contributed by atoms with E-state index in [1.807, 2.05) is 12.3 Å². The Morgan fingerprint density at radius 2 is 1.76 bits per heavy atom. The third-order valence-corrected chi connectivity index (χ3v) is 5.17. The number of para-hydroxylation sites is 1. The summed E-state index contributed by atoms with van der Waals surface area (Å²) in [7, 11) is 0. The number of aryl methyl sites for hydroxylation is 1. The van der Waals surface area contributed by atoms with E-state index in [9.17, 15) is 0 Å². The van der Waals surface area contributed by atoms with E-state index in [0.29, 0.717) is 5.92 Å². The molecule has 0 amide bonds. The molecule has 0 bridgehead atoms. The lowest BCUT2D eigenvalue weighted by atomic mass is 9.89. The number of furan rings is 1. The van der Waals surface area contributed by atoms with E-state index < -0.39 is 0 Å². The highest BCUT2D eigenvalue weighted by atomic mass is 16.3. The van der Waals surface area contributed by atoms with Crippen LogP contribution in [0, 0.1) is 6.92 Å². The summed E-state index contributed by atoms with van der Waals surface area (Å²) in [5.74, 6) is 0.545. The molecule has 0 aliphatic carbocycles. The predicted molar refractivity (Wildman–Crippen MR) is 105 cm³/mol. The van der Waals surface area contributed by atoms with Crippen LogP contribution in [0.2, 0.25) is 0 Å². The first-order chi connectivity index (χ1) is 12.2. The maximum atomic E-state index is 6.31. The predicted octanol–water partition coefficient (Wildman–Crippen LogP) is 6.86. The van der Waals surface area contributed by atoms with Crippen LogP contribution >= 0.6 is 0 Å². The van der Waals surface area contributed by atoms with E-state index >= 15 is 0 Å². The summed E-state index contributed by atoms with van der Waals surface area (Å²) < 4.78 is 6.31. The van der Waals surface area contributed by atoms with Crippen molar-refractivity contribution in [2.75, 3.05) is 0 Å². The lowest BCUT2D eigenvalue weighted by Gasteiger charge is -2.15. The summed E-state index contributed by atoms with van der Waals surface area (Å²) in [6.45, 7) is 6.58. The van der Waals surface area contributed by atoms with Crippen LogP contribution in [0.3, 0.4) is 0 Å². The molecule has 2 heterocycles.